The minimum Gasteiger partial charge on any atom is -0.396 e. The summed E-state index contributed by atoms with van der Waals surface area (Å²) in [6.45, 7) is 8.82. The summed E-state index contributed by atoms with van der Waals surface area (Å²) in [5, 5.41) is 12.6. The average Bonchev–Trinajstić information content (AvgIpc) is 2.34. The molecule has 0 aromatic heterocycles. The molecule has 2 N–H and O–H groups in total. The third-order valence-electron chi connectivity index (χ3n) is 4.15. The van der Waals surface area contributed by atoms with Gasteiger partial charge in [-0.2, -0.15) is 0 Å². The first kappa shape index (κ1) is 14.9. The molecule has 1 fully saturated rings. The van der Waals surface area contributed by atoms with Gasteiger partial charge >= 0.3 is 0 Å². The van der Waals surface area contributed by atoms with E-state index in [2.05, 4.69) is 26.1 Å². The van der Waals surface area contributed by atoms with Gasteiger partial charge in [-0.15, -0.1) is 0 Å². The second kappa shape index (κ2) is 7.34. The van der Waals surface area contributed by atoms with Crippen LogP contribution in [0.15, 0.2) is 0 Å². The van der Waals surface area contributed by atoms with Crippen LogP contribution >= 0.6 is 0 Å². The standard InChI is InChI=1S/C14H29NO2/c1-4-12(6-8-16)11-15-13-7-9-17-14(3,5-2)10-13/h12-13,15-16H,4-11H2,1-3H3. The minimum absolute atomic E-state index is 0.0641. The molecule has 1 rings (SSSR count). The van der Waals surface area contributed by atoms with Crippen LogP contribution in [-0.4, -0.2) is 36.5 Å². The molecule has 3 unspecified atom stereocenters. The number of hydrogen-bond acceptors (Lipinski definition) is 3. The Hall–Kier alpha value is -0.120. The zero-order chi connectivity index (χ0) is 12.7. The molecular weight excluding hydrogens is 214 g/mol. The molecule has 102 valence electrons. The topological polar surface area (TPSA) is 41.5 Å². The molecule has 1 saturated heterocycles. The molecule has 0 aliphatic carbocycles. The minimum atomic E-state index is 0.0641. The second-order valence-electron chi connectivity index (χ2n) is 5.54. The van der Waals surface area contributed by atoms with Crippen molar-refractivity contribution in [3.8, 4) is 0 Å². The molecule has 0 radical (unpaired) electrons. The number of hydrogen-bond donors (Lipinski definition) is 2. The molecule has 3 nitrogen and oxygen atoms in total. The Bertz CT molecular complexity index is 210. The predicted octanol–water partition coefficient (Wildman–Crippen LogP) is 2.33. The maximum atomic E-state index is 8.98. The molecule has 1 aliphatic heterocycles. The smallest absolute Gasteiger partial charge is 0.0666 e. The van der Waals surface area contributed by atoms with Crippen molar-refractivity contribution in [3.63, 3.8) is 0 Å². The third-order valence-corrected chi connectivity index (χ3v) is 4.15. The fourth-order valence-corrected chi connectivity index (χ4v) is 2.52. The first-order valence-corrected chi connectivity index (χ1v) is 7.11. The van der Waals surface area contributed by atoms with Gasteiger partial charge in [0.2, 0.25) is 0 Å². The van der Waals surface area contributed by atoms with Gasteiger partial charge in [-0.1, -0.05) is 20.3 Å². The molecule has 1 aliphatic rings. The van der Waals surface area contributed by atoms with Crippen molar-refractivity contribution in [2.75, 3.05) is 19.8 Å². The van der Waals surface area contributed by atoms with Crippen LogP contribution < -0.4 is 5.32 Å². The first-order valence-electron chi connectivity index (χ1n) is 7.11. The Labute approximate surface area is 106 Å². The molecule has 17 heavy (non-hydrogen) atoms. The fraction of sp³-hybridized carbons (Fsp3) is 1.00. The first-order chi connectivity index (χ1) is 8.13. The van der Waals surface area contributed by atoms with E-state index in [9.17, 15) is 0 Å². The monoisotopic (exact) mass is 243 g/mol. The maximum absolute atomic E-state index is 8.98. The highest BCUT2D eigenvalue weighted by molar-refractivity contribution is 4.85. The molecular formula is C14H29NO2. The van der Waals surface area contributed by atoms with Crippen molar-refractivity contribution < 1.29 is 9.84 Å². The number of aliphatic hydroxyl groups excluding tert-OH is 1. The van der Waals surface area contributed by atoms with E-state index >= 15 is 0 Å². The predicted molar refractivity (Wildman–Crippen MR) is 71.2 cm³/mol. The van der Waals surface area contributed by atoms with Gasteiger partial charge in [0, 0.05) is 19.3 Å². The number of aliphatic hydroxyl groups is 1. The van der Waals surface area contributed by atoms with E-state index in [1.165, 1.54) is 0 Å². The summed E-state index contributed by atoms with van der Waals surface area (Å²) in [5.74, 6) is 0.607. The Morgan fingerprint density at radius 3 is 2.82 bits per heavy atom. The Kier molecular flexibility index (Phi) is 6.45. The van der Waals surface area contributed by atoms with Crippen LogP contribution in [0, 0.1) is 5.92 Å². The lowest BCUT2D eigenvalue weighted by atomic mass is 9.89. The molecule has 0 amide bonds. The van der Waals surface area contributed by atoms with Crippen molar-refractivity contribution in [2.45, 2.75) is 64.5 Å². The summed E-state index contributed by atoms with van der Waals surface area (Å²) in [4.78, 5) is 0. The summed E-state index contributed by atoms with van der Waals surface area (Å²) >= 11 is 0. The molecule has 0 aromatic carbocycles. The van der Waals surface area contributed by atoms with Crippen molar-refractivity contribution in [2.24, 2.45) is 5.92 Å². The molecule has 1 heterocycles. The van der Waals surface area contributed by atoms with Crippen LogP contribution in [-0.2, 0) is 4.74 Å². The van der Waals surface area contributed by atoms with Crippen molar-refractivity contribution >= 4 is 0 Å². The lowest BCUT2D eigenvalue weighted by Crippen LogP contribution is -2.46. The molecule has 3 heteroatoms. The highest BCUT2D eigenvalue weighted by atomic mass is 16.5. The normalized spacial score (nSPS) is 31.4. The number of nitrogens with one attached hydrogen (secondary N) is 1. The second-order valence-corrected chi connectivity index (χ2v) is 5.54. The molecule has 0 spiro atoms. The van der Waals surface area contributed by atoms with E-state index in [4.69, 9.17) is 9.84 Å². The Balaban J connectivity index is 2.31. The van der Waals surface area contributed by atoms with Gasteiger partial charge in [0.15, 0.2) is 0 Å². The summed E-state index contributed by atoms with van der Waals surface area (Å²) < 4.78 is 5.85. The van der Waals surface area contributed by atoms with Crippen molar-refractivity contribution in [1.29, 1.82) is 0 Å². The zero-order valence-corrected chi connectivity index (χ0v) is 11.7. The van der Waals surface area contributed by atoms with Crippen LogP contribution in [0.3, 0.4) is 0 Å². The quantitative estimate of drug-likeness (QED) is 0.721. The van der Waals surface area contributed by atoms with Crippen LogP contribution in [0.2, 0.25) is 0 Å². The molecule has 0 bridgehead atoms. The molecule has 0 aromatic rings. The lowest BCUT2D eigenvalue weighted by molar-refractivity contribution is -0.0782. The van der Waals surface area contributed by atoms with E-state index in [0.717, 1.165) is 45.3 Å². The Morgan fingerprint density at radius 1 is 1.47 bits per heavy atom. The van der Waals surface area contributed by atoms with Gasteiger partial charge in [0.1, 0.15) is 0 Å². The summed E-state index contributed by atoms with van der Waals surface area (Å²) in [7, 11) is 0. The van der Waals surface area contributed by atoms with Gasteiger partial charge < -0.3 is 15.2 Å². The van der Waals surface area contributed by atoms with Crippen LogP contribution in [0.4, 0.5) is 0 Å². The summed E-state index contributed by atoms with van der Waals surface area (Å²) in [6, 6.07) is 0.585. The lowest BCUT2D eigenvalue weighted by Gasteiger charge is -2.38. The number of ether oxygens (including phenoxy) is 1. The fourth-order valence-electron chi connectivity index (χ4n) is 2.52. The van der Waals surface area contributed by atoms with Gasteiger partial charge in [-0.3, -0.25) is 0 Å². The van der Waals surface area contributed by atoms with Gasteiger partial charge in [-0.05, 0) is 45.1 Å². The number of rotatable bonds is 7. The van der Waals surface area contributed by atoms with E-state index in [1.807, 2.05) is 0 Å². The maximum Gasteiger partial charge on any atom is 0.0666 e. The van der Waals surface area contributed by atoms with E-state index in [0.29, 0.717) is 18.6 Å². The van der Waals surface area contributed by atoms with Crippen molar-refractivity contribution in [3.05, 3.63) is 0 Å². The summed E-state index contributed by atoms with van der Waals surface area (Å²) in [6.07, 6.45) is 5.36. The third kappa shape index (κ3) is 4.94. The highest BCUT2D eigenvalue weighted by Crippen LogP contribution is 2.27. The van der Waals surface area contributed by atoms with Gasteiger partial charge in [0.25, 0.3) is 0 Å². The molecule has 0 saturated carbocycles. The van der Waals surface area contributed by atoms with Crippen LogP contribution in [0.1, 0.15) is 52.9 Å². The summed E-state index contributed by atoms with van der Waals surface area (Å²) in [5.41, 5.74) is 0.0641. The average molecular weight is 243 g/mol. The zero-order valence-electron chi connectivity index (χ0n) is 11.7. The van der Waals surface area contributed by atoms with Crippen LogP contribution in [0.5, 0.6) is 0 Å². The van der Waals surface area contributed by atoms with Gasteiger partial charge in [0.05, 0.1) is 5.60 Å². The molecule has 3 atom stereocenters. The van der Waals surface area contributed by atoms with E-state index in [-0.39, 0.29) is 5.60 Å². The largest absolute Gasteiger partial charge is 0.396 e. The Morgan fingerprint density at radius 2 is 2.24 bits per heavy atom. The van der Waals surface area contributed by atoms with Gasteiger partial charge in [-0.25, -0.2) is 0 Å². The van der Waals surface area contributed by atoms with E-state index in [1.54, 1.807) is 0 Å². The highest BCUT2D eigenvalue weighted by Gasteiger charge is 2.31. The van der Waals surface area contributed by atoms with Crippen molar-refractivity contribution in [1.82, 2.24) is 5.32 Å². The SMILES string of the molecule is CCC(CCO)CNC1CCOC(C)(CC)C1. The van der Waals surface area contributed by atoms with E-state index < -0.39 is 0 Å². The van der Waals surface area contributed by atoms with Crippen LogP contribution in [0.25, 0.3) is 0 Å².